The van der Waals surface area contributed by atoms with Crippen LogP contribution < -0.4 is 0 Å². The maximum absolute atomic E-state index is 12.7. The van der Waals surface area contributed by atoms with Crippen molar-refractivity contribution in [3.05, 3.63) is 23.3 Å². The van der Waals surface area contributed by atoms with E-state index in [-0.39, 0.29) is 5.41 Å². The molecule has 0 radical (unpaired) electrons. The van der Waals surface area contributed by atoms with Gasteiger partial charge in [0.15, 0.2) is 5.78 Å². The first-order valence-electron chi connectivity index (χ1n) is 8.69. The molecule has 0 N–H and O–H groups in total. The molecule has 1 heteroatoms. The molecule has 0 unspecified atom stereocenters. The van der Waals surface area contributed by atoms with Crippen LogP contribution in [0.3, 0.4) is 0 Å². The molecule has 0 aromatic rings. The van der Waals surface area contributed by atoms with E-state index in [0.29, 0.717) is 29.0 Å². The molecule has 1 nitrogen and oxygen atoms in total. The van der Waals surface area contributed by atoms with Crippen molar-refractivity contribution in [3.8, 4) is 0 Å². The Kier molecular flexibility index (Phi) is 3.46. The predicted octanol–water partition coefficient (Wildman–Crippen LogP) is 5.32. The van der Waals surface area contributed by atoms with E-state index in [9.17, 15) is 4.79 Å². The first-order chi connectivity index (χ1) is 9.78. The summed E-state index contributed by atoms with van der Waals surface area (Å²) < 4.78 is 0. The van der Waals surface area contributed by atoms with Gasteiger partial charge in [-0.3, -0.25) is 4.79 Å². The summed E-state index contributed by atoms with van der Waals surface area (Å²) in [5.41, 5.74) is 3.27. The summed E-state index contributed by atoms with van der Waals surface area (Å²) in [6, 6.07) is 0. The lowest BCUT2D eigenvalue weighted by molar-refractivity contribution is -0.130. The van der Waals surface area contributed by atoms with Crippen LogP contribution in [0, 0.1) is 28.6 Å². The van der Waals surface area contributed by atoms with Gasteiger partial charge in [-0.05, 0) is 68.3 Å². The molecule has 0 aromatic heterocycles. The molecule has 0 heterocycles. The zero-order valence-electron chi connectivity index (χ0n) is 14.3. The molecule has 1 saturated carbocycles. The van der Waals surface area contributed by atoms with Gasteiger partial charge in [0.25, 0.3) is 0 Å². The van der Waals surface area contributed by atoms with Gasteiger partial charge < -0.3 is 0 Å². The number of fused-ring (bicyclic) bond motifs is 3. The van der Waals surface area contributed by atoms with E-state index >= 15 is 0 Å². The van der Waals surface area contributed by atoms with Crippen LogP contribution in [0.4, 0.5) is 0 Å². The first-order valence-corrected chi connectivity index (χ1v) is 8.69. The van der Waals surface area contributed by atoms with E-state index in [0.717, 1.165) is 6.42 Å². The Balaban J connectivity index is 2.03. The highest BCUT2D eigenvalue weighted by molar-refractivity contribution is 5.99. The Morgan fingerprint density at radius 2 is 1.95 bits per heavy atom. The molecule has 116 valence electrons. The predicted molar refractivity (Wildman–Crippen MR) is 88.0 cm³/mol. The summed E-state index contributed by atoms with van der Waals surface area (Å²) >= 11 is 0. The molecule has 0 amide bonds. The Bertz CT molecular complexity index is 524. The highest BCUT2D eigenvalue weighted by atomic mass is 16.1. The lowest BCUT2D eigenvalue weighted by Gasteiger charge is -2.52. The van der Waals surface area contributed by atoms with Gasteiger partial charge in [-0.15, -0.1) is 0 Å². The molecule has 0 aliphatic heterocycles. The second kappa shape index (κ2) is 4.83. The monoisotopic (exact) mass is 286 g/mol. The van der Waals surface area contributed by atoms with Crippen molar-refractivity contribution in [1.82, 2.24) is 0 Å². The third-order valence-corrected chi connectivity index (χ3v) is 6.85. The summed E-state index contributed by atoms with van der Waals surface area (Å²) in [5, 5.41) is 0. The molecule has 0 aromatic carbocycles. The lowest BCUT2D eigenvalue weighted by Crippen LogP contribution is -2.47. The molecule has 3 aliphatic carbocycles. The number of hydrogen-bond donors (Lipinski definition) is 0. The summed E-state index contributed by atoms with van der Waals surface area (Å²) in [4.78, 5) is 12.7. The molecule has 4 atom stereocenters. The van der Waals surface area contributed by atoms with Gasteiger partial charge in [0.2, 0.25) is 0 Å². The molecular formula is C20H30O. The van der Waals surface area contributed by atoms with Crippen LogP contribution in [-0.4, -0.2) is 5.78 Å². The largest absolute Gasteiger partial charge is 0.294 e. The number of rotatable bonds is 1. The summed E-state index contributed by atoms with van der Waals surface area (Å²) in [7, 11) is 0. The number of allylic oxidation sites excluding steroid dienone is 4. The van der Waals surface area contributed by atoms with E-state index in [2.05, 4.69) is 40.7 Å². The van der Waals surface area contributed by atoms with Crippen LogP contribution >= 0.6 is 0 Å². The average molecular weight is 286 g/mol. The van der Waals surface area contributed by atoms with Crippen LogP contribution in [0.15, 0.2) is 23.3 Å². The highest BCUT2D eigenvalue weighted by Crippen LogP contribution is 2.62. The van der Waals surface area contributed by atoms with Crippen molar-refractivity contribution in [1.29, 1.82) is 0 Å². The molecular weight excluding hydrogens is 256 g/mol. The first kappa shape index (κ1) is 15.1. The zero-order chi connectivity index (χ0) is 15.4. The molecule has 3 aliphatic rings. The minimum absolute atomic E-state index is 0.109. The Hall–Kier alpha value is -0.850. The van der Waals surface area contributed by atoms with E-state index in [1.54, 1.807) is 5.57 Å². The number of ketones is 1. The molecule has 1 fully saturated rings. The van der Waals surface area contributed by atoms with Gasteiger partial charge in [0.1, 0.15) is 0 Å². The minimum atomic E-state index is -0.109. The maximum Gasteiger partial charge on any atom is 0.162 e. The number of carbonyl (C=O) groups is 1. The maximum atomic E-state index is 12.7. The normalized spacial score (nSPS) is 43.0. The van der Waals surface area contributed by atoms with Crippen molar-refractivity contribution in [3.63, 3.8) is 0 Å². The summed E-state index contributed by atoms with van der Waals surface area (Å²) in [6.07, 6.45) is 10.4. The fraction of sp³-hybridized carbons (Fsp3) is 0.750. The standard InChI is InChI=1S/C20H30O/c1-13(2)15-12-17(21)20(5)11-10-19(4)9-8-14(3)6-7-16(19)18(15)20/h8,12-13,16,18H,6-7,9-11H2,1-5H3/t16-,18+,19-,20-/m0/s1. The number of carbonyl (C=O) groups excluding carboxylic acids is 1. The van der Waals surface area contributed by atoms with E-state index in [1.807, 2.05) is 6.08 Å². The van der Waals surface area contributed by atoms with Gasteiger partial charge in [-0.2, -0.15) is 0 Å². The quantitative estimate of drug-likeness (QED) is 0.596. The topological polar surface area (TPSA) is 17.1 Å². The molecule has 0 bridgehead atoms. The fourth-order valence-electron chi connectivity index (χ4n) is 5.20. The van der Waals surface area contributed by atoms with Crippen molar-refractivity contribution >= 4 is 5.78 Å². The Labute approximate surface area is 129 Å². The summed E-state index contributed by atoms with van der Waals surface area (Å²) in [5.74, 6) is 2.07. The molecule has 21 heavy (non-hydrogen) atoms. The van der Waals surface area contributed by atoms with Crippen molar-refractivity contribution in [2.24, 2.45) is 28.6 Å². The van der Waals surface area contributed by atoms with Crippen molar-refractivity contribution in [2.75, 3.05) is 0 Å². The van der Waals surface area contributed by atoms with Gasteiger partial charge in [-0.1, -0.05) is 44.9 Å². The van der Waals surface area contributed by atoms with Crippen LogP contribution in [0.1, 0.15) is 66.7 Å². The average Bonchev–Trinajstić information content (AvgIpc) is 2.59. The van der Waals surface area contributed by atoms with E-state index in [4.69, 9.17) is 0 Å². The third-order valence-electron chi connectivity index (χ3n) is 6.85. The van der Waals surface area contributed by atoms with Crippen LogP contribution in [0.5, 0.6) is 0 Å². The van der Waals surface area contributed by atoms with Gasteiger partial charge in [-0.25, -0.2) is 0 Å². The van der Waals surface area contributed by atoms with Crippen molar-refractivity contribution < 1.29 is 4.79 Å². The number of hydrogen-bond acceptors (Lipinski definition) is 1. The van der Waals surface area contributed by atoms with Crippen LogP contribution in [0.25, 0.3) is 0 Å². The van der Waals surface area contributed by atoms with E-state index in [1.165, 1.54) is 31.3 Å². The van der Waals surface area contributed by atoms with Gasteiger partial charge in [0.05, 0.1) is 0 Å². The molecule has 0 spiro atoms. The Morgan fingerprint density at radius 3 is 2.62 bits per heavy atom. The molecule has 3 rings (SSSR count). The minimum Gasteiger partial charge on any atom is -0.294 e. The summed E-state index contributed by atoms with van der Waals surface area (Å²) in [6.45, 7) is 11.5. The highest BCUT2D eigenvalue weighted by Gasteiger charge is 2.57. The molecule has 0 saturated heterocycles. The van der Waals surface area contributed by atoms with Crippen LogP contribution in [0.2, 0.25) is 0 Å². The zero-order valence-corrected chi connectivity index (χ0v) is 14.3. The van der Waals surface area contributed by atoms with Gasteiger partial charge >= 0.3 is 0 Å². The second-order valence-electron chi connectivity index (χ2n) is 8.61. The van der Waals surface area contributed by atoms with Gasteiger partial charge in [0, 0.05) is 5.41 Å². The second-order valence-corrected chi connectivity index (χ2v) is 8.61. The third kappa shape index (κ3) is 2.15. The van der Waals surface area contributed by atoms with E-state index < -0.39 is 0 Å². The van der Waals surface area contributed by atoms with Crippen LogP contribution in [-0.2, 0) is 4.79 Å². The fourth-order valence-corrected chi connectivity index (χ4v) is 5.20. The smallest absolute Gasteiger partial charge is 0.162 e. The van der Waals surface area contributed by atoms with Crippen molar-refractivity contribution in [2.45, 2.75) is 66.7 Å². The lowest BCUT2D eigenvalue weighted by atomic mass is 9.51. The SMILES string of the molecule is CC1=CC[C@@]2(C)CC[C@@]3(C)C(=O)C=C(C(C)C)[C@@H]3[C@@H]2CC1. The Morgan fingerprint density at radius 1 is 1.24 bits per heavy atom.